The van der Waals surface area contributed by atoms with Gasteiger partial charge in [0.25, 0.3) is 0 Å². The van der Waals surface area contributed by atoms with Crippen LogP contribution in [0.25, 0.3) is 71.8 Å². The van der Waals surface area contributed by atoms with Crippen molar-refractivity contribution in [3.63, 3.8) is 0 Å². The first kappa shape index (κ1) is 30.1. The first-order valence-corrected chi connectivity index (χ1v) is 18.4. The van der Waals surface area contributed by atoms with Crippen molar-refractivity contribution in [2.24, 2.45) is 0 Å². The van der Waals surface area contributed by atoms with Gasteiger partial charge in [-0.25, -0.2) is 9.97 Å². The van der Waals surface area contributed by atoms with Crippen LogP contribution in [0, 0.1) is 0 Å². The van der Waals surface area contributed by atoms with E-state index in [1.165, 1.54) is 88.6 Å². The first-order valence-electron chi connectivity index (χ1n) is 18.4. The zero-order valence-electron chi connectivity index (χ0n) is 29.6. The summed E-state index contributed by atoms with van der Waals surface area (Å²) in [6.07, 6.45) is 4.45. The van der Waals surface area contributed by atoms with Crippen LogP contribution in [0.5, 0.6) is 0 Å². The molecule has 250 valence electrons. The molecule has 0 spiro atoms. The highest BCUT2D eigenvalue weighted by molar-refractivity contribution is 6.11. The Bertz CT molecular complexity index is 3010. The highest BCUT2D eigenvalue weighted by Gasteiger charge is 2.41. The van der Waals surface area contributed by atoms with Gasteiger partial charge in [-0.05, 0) is 110 Å². The summed E-state index contributed by atoms with van der Waals surface area (Å²) in [6.45, 7) is 4.83. The van der Waals surface area contributed by atoms with E-state index < -0.39 is 0 Å². The zero-order chi connectivity index (χ0) is 35.3. The topological polar surface area (TPSA) is 30.7 Å². The average molecular weight is 678 g/mol. The lowest BCUT2D eigenvalue weighted by atomic mass is 9.76. The van der Waals surface area contributed by atoms with Crippen molar-refractivity contribution in [2.45, 2.75) is 25.7 Å². The largest absolute Gasteiger partial charge is 0.309 e. The van der Waals surface area contributed by atoms with E-state index in [4.69, 9.17) is 0 Å². The molecule has 0 fully saturated rings. The Morgan fingerprint density at radius 1 is 0.547 bits per heavy atom. The molecule has 0 N–H and O–H groups in total. The second-order valence-corrected chi connectivity index (χ2v) is 15.0. The van der Waals surface area contributed by atoms with E-state index in [0.717, 1.165) is 23.0 Å². The minimum atomic E-state index is -0.173. The van der Waals surface area contributed by atoms with Gasteiger partial charge in [0, 0.05) is 33.5 Å². The van der Waals surface area contributed by atoms with Crippen molar-refractivity contribution in [3.8, 4) is 27.9 Å². The van der Waals surface area contributed by atoms with E-state index in [2.05, 4.69) is 180 Å². The molecule has 0 amide bonds. The molecule has 11 rings (SSSR count). The third-order valence-corrected chi connectivity index (χ3v) is 11.8. The molecule has 2 aliphatic rings. The molecule has 2 aliphatic carbocycles. The molecule has 0 saturated heterocycles. The fraction of sp³-hybridized carbons (Fsp3) is 0.0800. The minimum Gasteiger partial charge on any atom is -0.309 e. The number of para-hydroxylation sites is 1. The SMILES string of the molecule is CC1(C)C2=C(c3ccccc3Cc3ccccc32)c2ccc(-c3ccccc3-c3ccc4c5ccccc5n(-c5ccc6cncnc6c5)c4c3)cc21. The van der Waals surface area contributed by atoms with Crippen LogP contribution in [-0.4, -0.2) is 14.5 Å². The Morgan fingerprint density at radius 2 is 1.21 bits per heavy atom. The van der Waals surface area contributed by atoms with Crippen LogP contribution >= 0.6 is 0 Å². The Morgan fingerprint density at radius 3 is 2.04 bits per heavy atom. The van der Waals surface area contributed by atoms with Gasteiger partial charge in [-0.1, -0.05) is 129 Å². The molecular weight excluding hydrogens is 643 g/mol. The maximum atomic E-state index is 4.58. The van der Waals surface area contributed by atoms with Crippen LogP contribution in [0.1, 0.15) is 47.2 Å². The Balaban J connectivity index is 1.08. The fourth-order valence-corrected chi connectivity index (χ4v) is 9.33. The highest BCUT2D eigenvalue weighted by atomic mass is 15.0. The smallest absolute Gasteiger partial charge is 0.116 e. The lowest BCUT2D eigenvalue weighted by Gasteiger charge is -2.27. The predicted octanol–water partition coefficient (Wildman–Crippen LogP) is 12.2. The maximum absolute atomic E-state index is 4.58. The van der Waals surface area contributed by atoms with Crippen molar-refractivity contribution in [2.75, 3.05) is 0 Å². The normalized spacial score (nSPS) is 14.2. The summed E-state index contributed by atoms with van der Waals surface area (Å²) >= 11 is 0. The number of nitrogens with zero attached hydrogens (tertiary/aromatic N) is 3. The molecule has 0 bridgehead atoms. The van der Waals surface area contributed by atoms with Gasteiger partial charge in [-0.3, -0.25) is 0 Å². The van der Waals surface area contributed by atoms with Crippen LogP contribution in [0.2, 0.25) is 0 Å². The van der Waals surface area contributed by atoms with Crippen LogP contribution < -0.4 is 0 Å². The summed E-state index contributed by atoms with van der Waals surface area (Å²) in [4.78, 5) is 8.81. The lowest BCUT2D eigenvalue weighted by Crippen LogP contribution is -2.17. The minimum absolute atomic E-state index is 0.173. The van der Waals surface area contributed by atoms with Crippen LogP contribution in [0.15, 0.2) is 164 Å². The molecule has 53 heavy (non-hydrogen) atoms. The number of fused-ring (bicyclic) bond motifs is 10. The molecular formula is C50H35N3. The van der Waals surface area contributed by atoms with Gasteiger partial charge < -0.3 is 4.57 Å². The average Bonchev–Trinajstić information content (AvgIpc) is 3.58. The first-order chi connectivity index (χ1) is 26.0. The molecule has 0 atom stereocenters. The monoisotopic (exact) mass is 677 g/mol. The summed E-state index contributed by atoms with van der Waals surface area (Å²) in [5.41, 5.74) is 20.2. The summed E-state index contributed by atoms with van der Waals surface area (Å²) in [6, 6.07) is 56.2. The Kier molecular flexibility index (Phi) is 6.36. The van der Waals surface area contributed by atoms with Crippen molar-refractivity contribution < 1.29 is 0 Å². The molecule has 0 radical (unpaired) electrons. The van der Waals surface area contributed by atoms with Crippen molar-refractivity contribution >= 4 is 43.9 Å². The van der Waals surface area contributed by atoms with Crippen LogP contribution in [0.4, 0.5) is 0 Å². The summed E-state index contributed by atoms with van der Waals surface area (Å²) in [5.74, 6) is 0. The third-order valence-electron chi connectivity index (χ3n) is 11.8. The van der Waals surface area contributed by atoms with E-state index >= 15 is 0 Å². The zero-order valence-corrected chi connectivity index (χ0v) is 29.6. The number of rotatable bonds is 3. The Hall–Kier alpha value is -6.58. The van der Waals surface area contributed by atoms with E-state index in [9.17, 15) is 0 Å². The number of hydrogen-bond donors (Lipinski definition) is 0. The van der Waals surface area contributed by atoms with Gasteiger partial charge in [0.1, 0.15) is 6.33 Å². The Labute approximate surface area is 308 Å². The van der Waals surface area contributed by atoms with Gasteiger partial charge in [0.05, 0.1) is 16.6 Å². The predicted molar refractivity (Wildman–Crippen MR) is 219 cm³/mol. The molecule has 2 aromatic heterocycles. The third kappa shape index (κ3) is 4.41. The molecule has 0 saturated carbocycles. The quantitative estimate of drug-likeness (QED) is 0.186. The molecule has 0 unspecified atom stereocenters. The van der Waals surface area contributed by atoms with Crippen molar-refractivity contribution in [1.82, 2.24) is 14.5 Å². The molecule has 9 aromatic rings. The van der Waals surface area contributed by atoms with Gasteiger partial charge in [-0.15, -0.1) is 0 Å². The van der Waals surface area contributed by atoms with Crippen molar-refractivity contribution in [3.05, 3.63) is 198 Å². The van der Waals surface area contributed by atoms with E-state index in [1.54, 1.807) is 6.33 Å². The van der Waals surface area contributed by atoms with Gasteiger partial charge in [0.2, 0.25) is 0 Å². The summed E-state index contributed by atoms with van der Waals surface area (Å²) in [5, 5.41) is 3.50. The molecule has 7 aromatic carbocycles. The fourth-order valence-electron chi connectivity index (χ4n) is 9.33. The molecule has 2 heterocycles. The van der Waals surface area contributed by atoms with E-state index in [1.807, 2.05) is 6.20 Å². The van der Waals surface area contributed by atoms with E-state index in [0.29, 0.717) is 0 Å². The van der Waals surface area contributed by atoms with Gasteiger partial charge in [-0.2, -0.15) is 0 Å². The second-order valence-electron chi connectivity index (χ2n) is 15.0. The van der Waals surface area contributed by atoms with Gasteiger partial charge >= 0.3 is 0 Å². The lowest BCUT2D eigenvalue weighted by molar-refractivity contribution is 0.703. The standard InChI is InChI=1S/C50H35N3/c1-50(2)44-26-33(21-24-43(44)48-39-15-5-3-11-31(39)25-32-12-4-6-16-40(32)49(48)50)37-13-7-8-14-38(37)34-20-23-42-41-17-9-10-18-46(41)53(47(42)27-34)36-22-19-35-29-51-30-52-45(35)28-36/h3-24,26-30H,25H2,1-2H3. The number of allylic oxidation sites excluding steroid dienone is 1. The number of aromatic nitrogens is 3. The van der Waals surface area contributed by atoms with Crippen LogP contribution in [0.3, 0.4) is 0 Å². The van der Waals surface area contributed by atoms with Crippen molar-refractivity contribution in [1.29, 1.82) is 0 Å². The second kappa shape index (κ2) is 11.2. The maximum Gasteiger partial charge on any atom is 0.116 e. The number of hydrogen-bond acceptors (Lipinski definition) is 2. The van der Waals surface area contributed by atoms with Gasteiger partial charge in [0.15, 0.2) is 0 Å². The molecule has 0 aliphatic heterocycles. The number of benzene rings is 7. The highest BCUT2D eigenvalue weighted by Crippen LogP contribution is 2.56. The summed E-state index contributed by atoms with van der Waals surface area (Å²) < 4.78 is 2.38. The summed E-state index contributed by atoms with van der Waals surface area (Å²) in [7, 11) is 0. The molecule has 3 nitrogen and oxygen atoms in total. The van der Waals surface area contributed by atoms with Crippen LogP contribution in [-0.2, 0) is 11.8 Å². The van der Waals surface area contributed by atoms with E-state index in [-0.39, 0.29) is 5.41 Å². The molecule has 3 heteroatoms.